The van der Waals surface area contributed by atoms with Crippen molar-refractivity contribution in [2.45, 2.75) is 19.2 Å². The first-order chi connectivity index (χ1) is 12.0. The van der Waals surface area contributed by atoms with Crippen LogP contribution in [0.5, 0.6) is 5.75 Å². The highest BCUT2D eigenvalue weighted by Crippen LogP contribution is 2.17. The summed E-state index contributed by atoms with van der Waals surface area (Å²) in [6.45, 7) is 0.418. The molecule has 2 aromatic rings. The molecule has 1 unspecified atom stereocenters. The summed E-state index contributed by atoms with van der Waals surface area (Å²) in [5, 5.41) is 11.9. The first-order valence-electron chi connectivity index (χ1n) is 8.03. The van der Waals surface area contributed by atoms with Gasteiger partial charge < -0.3 is 15.2 Å². The van der Waals surface area contributed by atoms with E-state index in [4.69, 9.17) is 4.74 Å². The minimum Gasteiger partial charge on any atom is -0.489 e. The topological polar surface area (TPSA) is 61.8 Å². The Labute approximate surface area is 147 Å². The zero-order chi connectivity index (χ0) is 18.2. The lowest BCUT2D eigenvalue weighted by Crippen LogP contribution is -2.46. The third-order valence-electron chi connectivity index (χ3n) is 3.96. The SMILES string of the molecule is CNC(=O)C(CO)N(C)Cc1ccc(OCc2ccccc2F)cc1. The fourth-order valence-electron chi connectivity index (χ4n) is 2.45. The number of aliphatic hydroxyl groups excluding tert-OH is 1. The Morgan fingerprint density at radius 3 is 2.52 bits per heavy atom. The lowest BCUT2D eigenvalue weighted by Gasteiger charge is -2.25. The van der Waals surface area contributed by atoms with Crippen LogP contribution in [0.4, 0.5) is 4.39 Å². The molecular formula is C19H23FN2O3. The zero-order valence-electron chi connectivity index (χ0n) is 14.4. The van der Waals surface area contributed by atoms with Gasteiger partial charge in [-0.2, -0.15) is 0 Å². The second-order valence-corrected chi connectivity index (χ2v) is 5.75. The van der Waals surface area contributed by atoms with Gasteiger partial charge >= 0.3 is 0 Å². The molecule has 0 spiro atoms. The van der Waals surface area contributed by atoms with Crippen molar-refractivity contribution in [1.82, 2.24) is 10.2 Å². The molecule has 0 radical (unpaired) electrons. The van der Waals surface area contributed by atoms with Crippen molar-refractivity contribution in [3.63, 3.8) is 0 Å². The average molecular weight is 346 g/mol. The van der Waals surface area contributed by atoms with E-state index in [0.29, 0.717) is 17.9 Å². The van der Waals surface area contributed by atoms with Gasteiger partial charge in [0.1, 0.15) is 24.2 Å². The van der Waals surface area contributed by atoms with Gasteiger partial charge in [-0.1, -0.05) is 30.3 Å². The Morgan fingerprint density at radius 2 is 1.92 bits per heavy atom. The van der Waals surface area contributed by atoms with Crippen molar-refractivity contribution >= 4 is 5.91 Å². The summed E-state index contributed by atoms with van der Waals surface area (Å²) in [5.41, 5.74) is 1.48. The van der Waals surface area contributed by atoms with Crippen LogP contribution in [-0.2, 0) is 17.9 Å². The Morgan fingerprint density at radius 1 is 1.24 bits per heavy atom. The molecule has 0 fully saturated rings. The summed E-state index contributed by atoms with van der Waals surface area (Å²) < 4.78 is 19.2. The predicted molar refractivity (Wildman–Crippen MR) is 93.6 cm³/mol. The van der Waals surface area contributed by atoms with Crippen molar-refractivity contribution in [3.05, 3.63) is 65.5 Å². The Balaban J connectivity index is 1.93. The van der Waals surface area contributed by atoms with Gasteiger partial charge in [0, 0.05) is 19.2 Å². The number of aliphatic hydroxyl groups is 1. The molecule has 5 nitrogen and oxygen atoms in total. The van der Waals surface area contributed by atoms with Crippen molar-refractivity contribution in [2.75, 3.05) is 20.7 Å². The summed E-state index contributed by atoms with van der Waals surface area (Å²) in [6.07, 6.45) is 0. The molecule has 25 heavy (non-hydrogen) atoms. The Hall–Kier alpha value is -2.44. The molecule has 0 aliphatic carbocycles. The molecule has 0 aliphatic rings. The summed E-state index contributed by atoms with van der Waals surface area (Å²) in [7, 11) is 3.32. The number of carbonyl (C=O) groups is 1. The number of hydrogen-bond acceptors (Lipinski definition) is 4. The summed E-state index contributed by atoms with van der Waals surface area (Å²) in [5.74, 6) is 0.125. The van der Waals surface area contributed by atoms with Gasteiger partial charge in [-0.25, -0.2) is 4.39 Å². The number of nitrogens with zero attached hydrogens (tertiary/aromatic N) is 1. The first kappa shape index (κ1) is 18.9. The normalized spacial score (nSPS) is 12.0. The molecule has 2 N–H and O–H groups in total. The molecule has 0 heterocycles. The maximum Gasteiger partial charge on any atom is 0.239 e. The van der Waals surface area contributed by atoms with Crippen LogP contribution in [0.3, 0.4) is 0 Å². The second-order valence-electron chi connectivity index (χ2n) is 5.75. The van der Waals surface area contributed by atoms with Gasteiger partial charge in [-0.15, -0.1) is 0 Å². The highest BCUT2D eigenvalue weighted by atomic mass is 19.1. The van der Waals surface area contributed by atoms with Crippen LogP contribution in [0.25, 0.3) is 0 Å². The van der Waals surface area contributed by atoms with Gasteiger partial charge in [-0.05, 0) is 30.8 Å². The molecule has 134 valence electrons. The van der Waals surface area contributed by atoms with E-state index in [1.165, 1.54) is 6.07 Å². The number of carbonyl (C=O) groups excluding carboxylic acids is 1. The molecule has 0 saturated carbocycles. The van der Waals surface area contributed by atoms with Gasteiger partial charge in [0.25, 0.3) is 0 Å². The van der Waals surface area contributed by atoms with E-state index in [2.05, 4.69) is 5.32 Å². The van der Waals surface area contributed by atoms with Crippen LogP contribution in [0.1, 0.15) is 11.1 Å². The van der Waals surface area contributed by atoms with E-state index in [1.54, 1.807) is 49.3 Å². The summed E-state index contributed by atoms with van der Waals surface area (Å²) in [4.78, 5) is 13.5. The van der Waals surface area contributed by atoms with Crippen LogP contribution >= 0.6 is 0 Å². The molecule has 1 amide bonds. The van der Waals surface area contributed by atoms with E-state index in [1.807, 2.05) is 12.1 Å². The van der Waals surface area contributed by atoms with E-state index in [9.17, 15) is 14.3 Å². The highest BCUT2D eigenvalue weighted by Gasteiger charge is 2.21. The van der Waals surface area contributed by atoms with E-state index >= 15 is 0 Å². The number of halogens is 1. The van der Waals surface area contributed by atoms with E-state index in [0.717, 1.165) is 5.56 Å². The molecule has 2 rings (SSSR count). The quantitative estimate of drug-likeness (QED) is 0.767. The van der Waals surface area contributed by atoms with Crippen LogP contribution in [0, 0.1) is 5.82 Å². The molecule has 1 atom stereocenters. The number of benzene rings is 2. The highest BCUT2D eigenvalue weighted by molar-refractivity contribution is 5.81. The van der Waals surface area contributed by atoms with Crippen LogP contribution in [-0.4, -0.2) is 42.7 Å². The third-order valence-corrected chi connectivity index (χ3v) is 3.96. The first-order valence-corrected chi connectivity index (χ1v) is 8.03. The zero-order valence-corrected chi connectivity index (χ0v) is 14.4. The maximum atomic E-state index is 13.6. The Bertz CT molecular complexity index is 691. The van der Waals surface area contributed by atoms with E-state index < -0.39 is 6.04 Å². The minimum absolute atomic E-state index is 0.162. The van der Waals surface area contributed by atoms with Crippen molar-refractivity contribution in [3.8, 4) is 5.75 Å². The summed E-state index contributed by atoms with van der Waals surface area (Å²) in [6, 6.07) is 13.3. The van der Waals surface area contributed by atoms with Gasteiger partial charge in [0.15, 0.2) is 0 Å². The van der Waals surface area contributed by atoms with Gasteiger partial charge in [0.2, 0.25) is 5.91 Å². The fourth-order valence-corrected chi connectivity index (χ4v) is 2.45. The van der Waals surface area contributed by atoms with Crippen molar-refractivity contribution in [2.24, 2.45) is 0 Å². The monoisotopic (exact) mass is 346 g/mol. The molecule has 0 aliphatic heterocycles. The number of likely N-dealkylation sites (N-methyl/N-ethyl adjacent to an activating group) is 2. The third kappa shape index (κ3) is 5.27. The molecule has 0 bridgehead atoms. The van der Waals surface area contributed by atoms with E-state index in [-0.39, 0.29) is 24.9 Å². The van der Waals surface area contributed by atoms with Crippen molar-refractivity contribution < 1.29 is 19.0 Å². The van der Waals surface area contributed by atoms with Crippen LogP contribution in [0.15, 0.2) is 48.5 Å². The second kappa shape index (κ2) is 9.15. The lowest BCUT2D eigenvalue weighted by atomic mass is 10.1. The van der Waals surface area contributed by atoms with Gasteiger partial charge in [-0.3, -0.25) is 9.69 Å². The number of ether oxygens (including phenoxy) is 1. The predicted octanol–water partition coefficient (Wildman–Crippen LogP) is 1.94. The smallest absolute Gasteiger partial charge is 0.239 e. The Kier molecular flexibility index (Phi) is 6.91. The van der Waals surface area contributed by atoms with Crippen molar-refractivity contribution in [1.29, 1.82) is 0 Å². The summed E-state index contributed by atoms with van der Waals surface area (Å²) >= 11 is 0. The minimum atomic E-state index is -0.595. The maximum absolute atomic E-state index is 13.6. The molecule has 0 saturated heterocycles. The number of hydrogen-bond donors (Lipinski definition) is 2. The van der Waals surface area contributed by atoms with Gasteiger partial charge in [0.05, 0.1) is 6.61 Å². The molecule has 0 aromatic heterocycles. The lowest BCUT2D eigenvalue weighted by molar-refractivity contribution is -0.127. The fraction of sp³-hybridized carbons (Fsp3) is 0.316. The number of rotatable bonds is 8. The molecule has 6 heteroatoms. The molecule has 2 aromatic carbocycles. The van der Waals surface area contributed by atoms with Crippen LogP contribution in [0.2, 0.25) is 0 Å². The molecular weight excluding hydrogens is 323 g/mol. The number of amides is 1. The van der Waals surface area contributed by atoms with Crippen LogP contribution < -0.4 is 10.1 Å². The number of nitrogens with one attached hydrogen (secondary N) is 1. The largest absolute Gasteiger partial charge is 0.489 e. The average Bonchev–Trinajstić information content (AvgIpc) is 2.62. The standard InChI is InChI=1S/C19H23FN2O3/c1-21-19(24)18(12-23)22(2)11-14-7-9-16(10-8-14)25-13-15-5-3-4-6-17(15)20/h3-10,18,23H,11-13H2,1-2H3,(H,21,24).